The lowest BCUT2D eigenvalue weighted by Gasteiger charge is -2.01. The van der Waals surface area contributed by atoms with Crippen LogP contribution < -0.4 is 0 Å². The summed E-state index contributed by atoms with van der Waals surface area (Å²) in [6, 6.07) is 0. The number of rotatable bonds is 6. The number of allylic oxidation sites excluding steroid dienone is 2. The van der Waals surface area contributed by atoms with Gasteiger partial charge in [0.15, 0.2) is 0 Å². The SMILES string of the molecule is CC=CCOCCOC(=O)C=CC. The van der Waals surface area contributed by atoms with E-state index in [9.17, 15) is 4.79 Å². The summed E-state index contributed by atoms with van der Waals surface area (Å²) in [5.74, 6) is -0.322. The van der Waals surface area contributed by atoms with Crippen molar-refractivity contribution in [3.8, 4) is 0 Å². The minimum Gasteiger partial charge on any atom is -0.460 e. The van der Waals surface area contributed by atoms with Crippen molar-refractivity contribution in [3.63, 3.8) is 0 Å². The first-order valence-electron chi connectivity index (χ1n) is 4.29. The Morgan fingerprint density at radius 3 is 2.62 bits per heavy atom. The molecule has 0 saturated carbocycles. The number of carbonyl (C=O) groups excluding carboxylic acids is 1. The normalized spacial score (nSPS) is 11.2. The van der Waals surface area contributed by atoms with Crippen LogP contribution in [0.5, 0.6) is 0 Å². The van der Waals surface area contributed by atoms with E-state index in [1.807, 2.05) is 19.1 Å². The minimum atomic E-state index is -0.322. The van der Waals surface area contributed by atoms with E-state index in [2.05, 4.69) is 0 Å². The molecule has 3 heteroatoms. The molecule has 0 aromatic rings. The average molecular weight is 184 g/mol. The van der Waals surface area contributed by atoms with Crippen LogP contribution in [-0.4, -0.2) is 25.8 Å². The molecule has 0 radical (unpaired) electrons. The van der Waals surface area contributed by atoms with Crippen LogP contribution in [0, 0.1) is 0 Å². The minimum absolute atomic E-state index is 0.306. The molecule has 0 heterocycles. The van der Waals surface area contributed by atoms with Gasteiger partial charge in [-0.15, -0.1) is 0 Å². The van der Waals surface area contributed by atoms with Crippen molar-refractivity contribution < 1.29 is 14.3 Å². The van der Waals surface area contributed by atoms with Crippen LogP contribution in [0.15, 0.2) is 24.3 Å². The number of esters is 1. The molecule has 0 amide bonds. The van der Waals surface area contributed by atoms with Crippen LogP contribution in [0.25, 0.3) is 0 Å². The highest BCUT2D eigenvalue weighted by Gasteiger charge is 1.94. The highest BCUT2D eigenvalue weighted by molar-refractivity contribution is 5.81. The predicted octanol–water partition coefficient (Wildman–Crippen LogP) is 1.70. The summed E-state index contributed by atoms with van der Waals surface area (Å²) >= 11 is 0. The molecule has 0 aliphatic carbocycles. The molecule has 0 fully saturated rings. The summed E-state index contributed by atoms with van der Waals surface area (Å²) in [7, 11) is 0. The van der Waals surface area contributed by atoms with Crippen LogP contribution in [0.4, 0.5) is 0 Å². The fourth-order valence-electron chi connectivity index (χ4n) is 0.633. The summed E-state index contributed by atoms with van der Waals surface area (Å²) < 4.78 is 9.90. The molecule has 74 valence electrons. The van der Waals surface area contributed by atoms with Crippen LogP contribution in [0.2, 0.25) is 0 Å². The van der Waals surface area contributed by atoms with Crippen LogP contribution in [0.1, 0.15) is 13.8 Å². The second-order valence-corrected chi connectivity index (χ2v) is 2.31. The highest BCUT2D eigenvalue weighted by Crippen LogP contribution is 1.83. The Bertz CT molecular complexity index is 183. The van der Waals surface area contributed by atoms with Crippen molar-refractivity contribution in [1.29, 1.82) is 0 Å². The molecule has 0 unspecified atom stereocenters. The van der Waals surface area contributed by atoms with Gasteiger partial charge in [-0.2, -0.15) is 0 Å². The second-order valence-electron chi connectivity index (χ2n) is 2.31. The van der Waals surface area contributed by atoms with Crippen molar-refractivity contribution >= 4 is 5.97 Å². The van der Waals surface area contributed by atoms with E-state index >= 15 is 0 Å². The van der Waals surface area contributed by atoms with Gasteiger partial charge in [0.2, 0.25) is 0 Å². The fraction of sp³-hybridized carbons (Fsp3) is 0.500. The third-order valence-corrected chi connectivity index (χ3v) is 1.22. The van der Waals surface area contributed by atoms with Gasteiger partial charge in [0, 0.05) is 6.08 Å². The van der Waals surface area contributed by atoms with Crippen molar-refractivity contribution in [2.24, 2.45) is 0 Å². The Labute approximate surface area is 79.0 Å². The monoisotopic (exact) mass is 184 g/mol. The first-order chi connectivity index (χ1) is 6.31. The third kappa shape index (κ3) is 8.82. The summed E-state index contributed by atoms with van der Waals surface area (Å²) in [6.07, 6.45) is 6.83. The molecule has 0 N–H and O–H groups in total. The lowest BCUT2D eigenvalue weighted by Crippen LogP contribution is -2.08. The molecule has 13 heavy (non-hydrogen) atoms. The Kier molecular flexibility index (Phi) is 8.25. The maximum atomic E-state index is 10.8. The number of hydrogen-bond donors (Lipinski definition) is 0. The number of carbonyl (C=O) groups is 1. The zero-order chi connectivity index (χ0) is 9.94. The molecule has 0 aliphatic heterocycles. The van der Waals surface area contributed by atoms with Crippen molar-refractivity contribution in [2.45, 2.75) is 13.8 Å². The van der Waals surface area contributed by atoms with E-state index < -0.39 is 0 Å². The van der Waals surface area contributed by atoms with Gasteiger partial charge in [0.1, 0.15) is 6.61 Å². The first kappa shape index (κ1) is 11.9. The van der Waals surface area contributed by atoms with Crippen molar-refractivity contribution in [3.05, 3.63) is 24.3 Å². The Morgan fingerprint density at radius 1 is 1.23 bits per heavy atom. The molecule has 0 bridgehead atoms. The van der Waals surface area contributed by atoms with E-state index in [0.29, 0.717) is 19.8 Å². The van der Waals surface area contributed by atoms with Crippen molar-refractivity contribution in [1.82, 2.24) is 0 Å². The number of ether oxygens (including phenoxy) is 2. The topological polar surface area (TPSA) is 35.5 Å². The van der Waals surface area contributed by atoms with Crippen LogP contribution >= 0.6 is 0 Å². The Balaban J connectivity index is 3.20. The molecule has 0 rings (SSSR count). The van der Waals surface area contributed by atoms with E-state index in [4.69, 9.17) is 9.47 Å². The molecule has 3 nitrogen and oxygen atoms in total. The standard InChI is InChI=1S/C10H16O3/c1-3-5-7-12-8-9-13-10(11)6-4-2/h3-6H,7-9H2,1-2H3. The first-order valence-corrected chi connectivity index (χ1v) is 4.29. The quantitative estimate of drug-likeness (QED) is 0.273. The summed E-state index contributed by atoms with van der Waals surface area (Å²) in [6.45, 7) is 5.01. The molecule has 0 aliphatic rings. The lowest BCUT2D eigenvalue weighted by atomic mass is 10.5. The predicted molar refractivity (Wildman–Crippen MR) is 51.4 cm³/mol. The third-order valence-electron chi connectivity index (χ3n) is 1.22. The molecule has 0 saturated heterocycles. The molecular formula is C10H16O3. The Hall–Kier alpha value is -1.09. The summed E-state index contributed by atoms with van der Waals surface area (Å²) in [4.78, 5) is 10.8. The summed E-state index contributed by atoms with van der Waals surface area (Å²) in [5, 5.41) is 0. The van der Waals surface area contributed by atoms with E-state index in [1.165, 1.54) is 6.08 Å². The van der Waals surface area contributed by atoms with E-state index in [0.717, 1.165) is 0 Å². The highest BCUT2D eigenvalue weighted by atomic mass is 16.6. The zero-order valence-corrected chi connectivity index (χ0v) is 8.16. The zero-order valence-electron chi connectivity index (χ0n) is 8.16. The van der Waals surface area contributed by atoms with Gasteiger partial charge in [-0.05, 0) is 13.8 Å². The lowest BCUT2D eigenvalue weighted by molar-refractivity contribution is -0.139. The molecule has 0 aromatic heterocycles. The molecule has 0 spiro atoms. The van der Waals surface area contributed by atoms with Gasteiger partial charge in [0.05, 0.1) is 13.2 Å². The van der Waals surface area contributed by atoms with Gasteiger partial charge in [-0.1, -0.05) is 18.2 Å². The smallest absolute Gasteiger partial charge is 0.330 e. The molecule has 0 atom stereocenters. The summed E-state index contributed by atoms with van der Waals surface area (Å²) in [5.41, 5.74) is 0. The maximum Gasteiger partial charge on any atom is 0.330 e. The van der Waals surface area contributed by atoms with Gasteiger partial charge >= 0.3 is 5.97 Å². The van der Waals surface area contributed by atoms with Gasteiger partial charge in [-0.3, -0.25) is 0 Å². The second kappa shape index (κ2) is 9.00. The fourth-order valence-corrected chi connectivity index (χ4v) is 0.633. The van der Waals surface area contributed by atoms with Gasteiger partial charge in [-0.25, -0.2) is 4.79 Å². The van der Waals surface area contributed by atoms with E-state index in [-0.39, 0.29) is 5.97 Å². The number of hydrogen-bond acceptors (Lipinski definition) is 3. The average Bonchev–Trinajstić information content (AvgIpc) is 2.11. The van der Waals surface area contributed by atoms with Crippen LogP contribution in [-0.2, 0) is 14.3 Å². The maximum absolute atomic E-state index is 10.8. The molecule has 0 aromatic carbocycles. The van der Waals surface area contributed by atoms with Crippen molar-refractivity contribution in [2.75, 3.05) is 19.8 Å². The van der Waals surface area contributed by atoms with Crippen LogP contribution in [0.3, 0.4) is 0 Å². The Morgan fingerprint density at radius 2 is 2.00 bits per heavy atom. The van der Waals surface area contributed by atoms with E-state index in [1.54, 1.807) is 13.0 Å². The largest absolute Gasteiger partial charge is 0.460 e. The van der Waals surface area contributed by atoms with Gasteiger partial charge < -0.3 is 9.47 Å². The van der Waals surface area contributed by atoms with Gasteiger partial charge in [0.25, 0.3) is 0 Å². The molecular weight excluding hydrogens is 168 g/mol.